The Balaban J connectivity index is 3.20. The summed E-state index contributed by atoms with van der Waals surface area (Å²) in [6.07, 6.45) is 0.967. The highest BCUT2D eigenvalue weighted by Gasteiger charge is 2.56. The number of imide groups is 1. The van der Waals surface area contributed by atoms with E-state index in [0.717, 1.165) is 20.0 Å². The van der Waals surface area contributed by atoms with Gasteiger partial charge >= 0.3 is 25.7 Å². The molecule has 1 aliphatic heterocycles. The molecule has 0 spiro atoms. The third kappa shape index (κ3) is 9.55. The molecule has 3 N–H and O–H groups in total. The summed E-state index contributed by atoms with van der Waals surface area (Å²) in [5.41, 5.74) is -0.759. The smallest absolute Gasteiger partial charge is 0.444 e. The van der Waals surface area contributed by atoms with E-state index in [-0.39, 0.29) is 13.0 Å². The van der Waals surface area contributed by atoms with Gasteiger partial charge in [-0.15, -0.1) is 0 Å². The van der Waals surface area contributed by atoms with Crippen molar-refractivity contribution < 1.29 is 47.1 Å². The summed E-state index contributed by atoms with van der Waals surface area (Å²) in [5.74, 6) is -2.43. The van der Waals surface area contributed by atoms with Crippen LogP contribution in [-0.4, -0.2) is 76.8 Å². The third-order valence-corrected chi connectivity index (χ3v) is 9.17. The minimum Gasteiger partial charge on any atom is -0.444 e. The Morgan fingerprint density at radius 3 is 2.13 bits per heavy atom. The molecule has 0 aromatic heterocycles. The van der Waals surface area contributed by atoms with Crippen LogP contribution in [0.2, 0.25) is 0 Å². The van der Waals surface area contributed by atoms with Gasteiger partial charge in [0, 0.05) is 20.0 Å². The highest BCUT2D eigenvalue weighted by Crippen LogP contribution is 2.54. The van der Waals surface area contributed by atoms with Crippen molar-refractivity contribution in [2.75, 3.05) is 13.7 Å². The molecule has 1 saturated heterocycles. The first-order valence-electron chi connectivity index (χ1n) is 13.9. The molecule has 0 radical (unpaired) electrons. The number of alkyl carbamates (subject to hydrolysis) is 1. The lowest BCUT2D eigenvalue weighted by Gasteiger charge is -2.34. The van der Waals surface area contributed by atoms with Crippen molar-refractivity contribution in [3.8, 4) is 0 Å². The molecular formula is C26H49N3O9P+. The van der Waals surface area contributed by atoms with E-state index >= 15 is 0 Å². The molecule has 0 saturated carbocycles. The molecule has 0 bridgehead atoms. The Bertz CT molecular complexity index is 908. The number of amides is 4. The van der Waals surface area contributed by atoms with Crippen LogP contribution in [0.15, 0.2) is 0 Å². The van der Waals surface area contributed by atoms with Gasteiger partial charge < -0.3 is 25.0 Å². The lowest BCUT2D eigenvalue weighted by atomic mass is 10.1. The summed E-state index contributed by atoms with van der Waals surface area (Å²) in [5, 5.41) is 15.2. The van der Waals surface area contributed by atoms with Crippen molar-refractivity contribution in [3.05, 3.63) is 0 Å². The van der Waals surface area contributed by atoms with Crippen molar-refractivity contribution in [1.82, 2.24) is 10.6 Å². The van der Waals surface area contributed by atoms with E-state index in [1.807, 2.05) is 13.8 Å². The number of rotatable bonds is 14. The molecule has 4 amide bonds. The number of carbonyl (C=O) groups excluding carboxylic acids is 3. The maximum Gasteiger partial charge on any atom is 0.521 e. The molecule has 1 aliphatic rings. The number of ether oxygens (including phenoxy) is 1. The first-order chi connectivity index (χ1) is 18.1. The number of carbonyl (C=O) groups is 4. The molecule has 0 aromatic carbocycles. The van der Waals surface area contributed by atoms with Crippen LogP contribution in [0.1, 0.15) is 99.8 Å². The zero-order chi connectivity index (χ0) is 30.0. The summed E-state index contributed by atoms with van der Waals surface area (Å²) in [6.45, 7) is 12.2. The minimum atomic E-state index is -4.16. The Morgan fingerprint density at radius 2 is 1.67 bits per heavy atom. The Morgan fingerprint density at radius 1 is 1.08 bits per heavy atom. The molecule has 1 heterocycles. The average Bonchev–Trinajstić information content (AvgIpc) is 3.24. The number of quaternary nitrogens is 1. The predicted molar refractivity (Wildman–Crippen MR) is 146 cm³/mol. The van der Waals surface area contributed by atoms with Gasteiger partial charge in [-0.1, -0.05) is 39.5 Å². The fourth-order valence-electron chi connectivity index (χ4n) is 4.71. The number of hydrogen-bond acceptors (Lipinski definition) is 8. The fraction of sp³-hybridized carbons (Fsp3) is 0.846. The second kappa shape index (κ2) is 15.1. The van der Waals surface area contributed by atoms with Crippen LogP contribution < -0.4 is 10.6 Å². The van der Waals surface area contributed by atoms with Crippen LogP contribution in [0.25, 0.3) is 0 Å². The van der Waals surface area contributed by atoms with Gasteiger partial charge in [0.15, 0.2) is 6.10 Å². The summed E-state index contributed by atoms with van der Waals surface area (Å²) >= 11 is 0. The molecule has 12 nitrogen and oxygen atoms in total. The van der Waals surface area contributed by atoms with E-state index in [9.17, 15) is 28.8 Å². The second-order valence-corrected chi connectivity index (χ2v) is 13.5. The summed E-state index contributed by atoms with van der Waals surface area (Å²) < 4.78 is 29.5. The third-order valence-electron chi connectivity index (χ3n) is 6.90. The number of unbranched alkanes of at least 4 members (excludes halogenated alkanes) is 2. The van der Waals surface area contributed by atoms with Gasteiger partial charge in [0.05, 0.1) is 6.54 Å². The zero-order valence-electron chi connectivity index (χ0n) is 24.8. The number of hydrogen-bond donors (Lipinski definition) is 3. The van der Waals surface area contributed by atoms with Crippen molar-refractivity contribution in [2.24, 2.45) is 0 Å². The Labute approximate surface area is 232 Å². The summed E-state index contributed by atoms with van der Waals surface area (Å²) in [6, 6.07) is -1.42. The molecule has 226 valence electrons. The first-order valence-corrected chi connectivity index (χ1v) is 15.5. The standard InChI is InChI=1S/C26H48N3O9P/c1-9-11-15-20(27-24(32)37-26(5,6)7)22(30)28-21(16-12-10-2)39(35,36-8)38-19(4)23(31)29(25(33)34)17-13-14-18(29)3/h18-21H,9-17H2,1-8H3,(H2-,27,28,30,32,33,34)/p+1/t18-,19?,20+,21+,29?,39?/m1/s1. The van der Waals surface area contributed by atoms with Crippen LogP contribution in [0.4, 0.5) is 9.59 Å². The number of nitrogens with one attached hydrogen (secondary N) is 2. The van der Waals surface area contributed by atoms with E-state index in [1.165, 1.54) is 6.92 Å². The first kappa shape index (κ1) is 35.0. The number of carboxylic acid groups (broad SMARTS) is 1. The highest BCUT2D eigenvalue weighted by atomic mass is 31.2. The van der Waals surface area contributed by atoms with Crippen molar-refractivity contribution >= 4 is 31.6 Å². The Hall–Kier alpha value is -2.01. The van der Waals surface area contributed by atoms with Gasteiger partial charge in [-0.2, -0.15) is 9.28 Å². The molecule has 1 rings (SSSR count). The lowest BCUT2D eigenvalue weighted by Crippen LogP contribution is -2.61. The molecule has 39 heavy (non-hydrogen) atoms. The van der Waals surface area contributed by atoms with Crippen LogP contribution in [0.5, 0.6) is 0 Å². The molecule has 13 heteroatoms. The van der Waals surface area contributed by atoms with Crippen molar-refractivity contribution in [2.45, 2.75) is 129 Å². The zero-order valence-corrected chi connectivity index (χ0v) is 25.7. The van der Waals surface area contributed by atoms with Crippen LogP contribution >= 0.6 is 7.60 Å². The lowest BCUT2D eigenvalue weighted by molar-refractivity contribution is -0.793. The van der Waals surface area contributed by atoms with E-state index in [1.54, 1.807) is 27.7 Å². The molecule has 6 atom stereocenters. The van der Waals surface area contributed by atoms with E-state index in [2.05, 4.69) is 10.6 Å². The maximum atomic E-state index is 14.0. The van der Waals surface area contributed by atoms with Crippen LogP contribution in [0.3, 0.4) is 0 Å². The van der Waals surface area contributed by atoms with E-state index in [4.69, 9.17) is 13.8 Å². The number of likely N-dealkylation sites (tertiary alicyclic amines) is 1. The quantitative estimate of drug-likeness (QED) is 0.187. The SMILES string of the molecule is CCCC[C@H](NC(=O)OC(C)(C)C)C(=O)N[C@H](CCCC)P(=O)(OC)OC(C)C(=O)[N+]1(C(=O)O)CCC[C@H]1C. The molecule has 0 aromatic rings. The monoisotopic (exact) mass is 578 g/mol. The highest BCUT2D eigenvalue weighted by molar-refractivity contribution is 7.54. The normalized spacial score (nSPS) is 23.2. The topological polar surface area (TPSA) is 157 Å². The largest absolute Gasteiger partial charge is 0.521 e. The second-order valence-electron chi connectivity index (χ2n) is 11.2. The maximum absolute atomic E-state index is 14.0. The van der Waals surface area contributed by atoms with Gasteiger partial charge in [0.1, 0.15) is 23.5 Å². The number of nitrogens with zero attached hydrogens (tertiary/aromatic N) is 1. The van der Waals surface area contributed by atoms with Gasteiger partial charge in [-0.3, -0.25) is 13.9 Å². The fourth-order valence-corrected chi connectivity index (χ4v) is 6.52. The van der Waals surface area contributed by atoms with Crippen LogP contribution in [0, 0.1) is 0 Å². The van der Waals surface area contributed by atoms with Crippen LogP contribution in [-0.2, 0) is 27.9 Å². The van der Waals surface area contributed by atoms with Crippen molar-refractivity contribution in [1.29, 1.82) is 0 Å². The summed E-state index contributed by atoms with van der Waals surface area (Å²) in [7, 11) is -2.99. The average molecular weight is 579 g/mol. The molecule has 1 fully saturated rings. The van der Waals surface area contributed by atoms with Gasteiger partial charge in [-0.05, 0) is 47.5 Å². The van der Waals surface area contributed by atoms with Crippen molar-refractivity contribution in [3.63, 3.8) is 0 Å². The van der Waals surface area contributed by atoms with Gasteiger partial charge in [0.25, 0.3) is 0 Å². The molecular weight excluding hydrogens is 529 g/mol. The van der Waals surface area contributed by atoms with Gasteiger partial charge in [0.2, 0.25) is 5.91 Å². The van der Waals surface area contributed by atoms with Gasteiger partial charge in [-0.25, -0.2) is 9.59 Å². The molecule has 3 unspecified atom stereocenters. The predicted octanol–water partition coefficient (Wildman–Crippen LogP) is 5.15. The molecule has 0 aliphatic carbocycles. The van der Waals surface area contributed by atoms with E-state index in [0.29, 0.717) is 32.1 Å². The minimum absolute atomic E-state index is 0.117. The van der Waals surface area contributed by atoms with E-state index < -0.39 is 65.7 Å². The Kier molecular flexibility index (Phi) is 13.6. The summed E-state index contributed by atoms with van der Waals surface area (Å²) in [4.78, 5) is 51.3.